The van der Waals surface area contributed by atoms with Crippen molar-refractivity contribution in [2.45, 2.75) is 5.22 Å². The van der Waals surface area contributed by atoms with Crippen LogP contribution in [0.15, 0.2) is 76.4 Å². The Labute approximate surface area is 214 Å². The van der Waals surface area contributed by atoms with Crippen molar-refractivity contribution in [1.29, 1.82) is 0 Å². The number of benzene rings is 2. The molecule has 2 aromatic carbocycles. The number of aliphatic carboxylic acids is 1. The molecule has 0 amide bonds. The number of aromatic nitrogens is 2. The normalized spacial score (nSPS) is 11.6. The molecule has 0 fully saturated rings. The van der Waals surface area contributed by atoms with E-state index in [0.717, 1.165) is 26.3 Å². The highest BCUT2D eigenvalue weighted by molar-refractivity contribution is 9.11. The van der Waals surface area contributed by atoms with Gasteiger partial charge in [-0.15, -0.1) is 10.2 Å². The van der Waals surface area contributed by atoms with Crippen molar-refractivity contribution in [3.63, 3.8) is 0 Å². The molecule has 33 heavy (non-hydrogen) atoms. The fraction of sp³-hybridized carbons (Fsp3) is 0.0455. The van der Waals surface area contributed by atoms with Crippen molar-refractivity contribution in [3.8, 4) is 28.5 Å². The highest BCUT2D eigenvalue weighted by Crippen LogP contribution is 2.36. The number of hydrogen-bond acceptors (Lipinski definition) is 7. The van der Waals surface area contributed by atoms with E-state index in [1.165, 1.54) is 13.2 Å². The highest BCUT2D eigenvalue weighted by Gasteiger charge is 2.19. The van der Waals surface area contributed by atoms with E-state index in [2.05, 4.69) is 42.1 Å². The number of ether oxygens (including phenoxy) is 1. The predicted molar refractivity (Wildman–Crippen MR) is 132 cm³/mol. The van der Waals surface area contributed by atoms with Crippen LogP contribution >= 0.6 is 55.2 Å². The summed E-state index contributed by atoms with van der Waals surface area (Å²) in [7, 11) is 1.51. The SMILES string of the molecule is COc1ccc(Cl)cc1-c1nnc(S/C(=C/c2ccc(-c3cc(Br)ccc3Br)o2)C(=O)O)o1. The van der Waals surface area contributed by atoms with Gasteiger partial charge in [0.15, 0.2) is 0 Å². The molecule has 0 saturated heterocycles. The number of carboxylic acids is 1. The van der Waals surface area contributed by atoms with Crippen molar-refractivity contribution in [2.75, 3.05) is 7.11 Å². The maximum absolute atomic E-state index is 11.8. The molecule has 0 unspecified atom stereocenters. The van der Waals surface area contributed by atoms with E-state index in [-0.39, 0.29) is 16.0 Å². The first kappa shape index (κ1) is 23.6. The predicted octanol–water partition coefficient (Wildman–Crippen LogP) is 7.40. The molecular formula is C22H13Br2ClN2O5S. The Hall–Kier alpha value is -2.53. The second kappa shape index (κ2) is 10.2. The summed E-state index contributed by atoms with van der Waals surface area (Å²) in [5.74, 6) is 0.425. The molecule has 11 heteroatoms. The molecule has 2 heterocycles. The second-order valence-electron chi connectivity index (χ2n) is 6.46. The van der Waals surface area contributed by atoms with Crippen LogP contribution in [-0.2, 0) is 4.79 Å². The minimum absolute atomic E-state index is 0.0437. The van der Waals surface area contributed by atoms with Gasteiger partial charge >= 0.3 is 5.97 Å². The zero-order valence-corrected chi connectivity index (χ0v) is 21.5. The lowest BCUT2D eigenvalue weighted by Gasteiger charge is -2.04. The first-order valence-electron chi connectivity index (χ1n) is 9.19. The Kier molecular flexibility index (Phi) is 7.28. The van der Waals surface area contributed by atoms with Crippen LogP contribution in [0.3, 0.4) is 0 Å². The number of rotatable bonds is 7. The molecule has 1 N–H and O–H groups in total. The van der Waals surface area contributed by atoms with Crippen molar-refractivity contribution in [3.05, 3.63) is 73.2 Å². The molecule has 0 aliphatic carbocycles. The molecule has 7 nitrogen and oxygen atoms in total. The summed E-state index contributed by atoms with van der Waals surface area (Å²) < 4.78 is 18.5. The van der Waals surface area contributed by atoms with E-state index in [9.17, 15) is 9.90 Å². The van der Waals surface area contributed by atoms with Gasteiger partial charge in [0.05, 0.1) is 12.7 Å². The van der Waals surface area contributed by atoms with Gasteiger partial charge in [-0.05, 0) is 60.3 Å². The average Bonchev–Trinajstić information content (AvgIpc) is 3.44. The molecule has 168 valence electrons. The van der Waals surface area contributed by atoms with Gasteiger partial charge in [-0.1, -0.05) is 43.5 Å². The molecule has 0 atom stereocenters. The number of halogens is 3. The van der Waals surface area contributed by atoms with Gasteiger partial charge < -0.3 is 18.7 Å². The Morgan fingerprint density at radius 1 is 1.09 bits per heavy atom. The summed E-state index contributed by atoms with van der Waals surface area (Å²) in [6, 6.07) is 14.1. The monoisotopic (exact) mass is 610 g/mol. The smallest absolute Gasteiger partial charge is 0.342 e. The first-order chi connectivity index (χ1) is 15.8. The van der Waals surface area contributed by atoms with Crippen molar-refractivity contribution in [1.82, 2.24) is 10.2 Å². The lowest BCUT2D eigenvalue weighted by atomic mass is 10.2. The molecule has 4 aromatic rings. The van der Waals surface area contributed by atoms with Crippen LogP contribution < -0.4 is 4.74 Å². The molecule has 0 bridgehead atoms. The lowest BCUT2D eigenvalue weighted by molar-refractivity contribution is -0.131. The van der Waals surface area contributed by atoms with Crippen molar-refractivity contribution >= 4 is 67.3 Å². The Bertz CT molecular complexity index is 1370. The molecular weight excluding hydrogens is 600 g/mol. The number of furan rings is 1. The summed E-state index contributed by atoms with van der Waals surface area (Å²) in [6.45, 7) is 0. The van der Waals surface area contributed by atoms with E-state index < -0.39 is 5.97 Å². The van der Waals surface area contributed by atoms with Crippen LogP contribution in [0.1, 0.15) is 5.76 Å². The van der Waals surface area contributed by atoms with Gasteiger partial charge in [0.25, 0.3) is 11.1 Å². The number of methoxy groups -OCH3 is 1. The Morgan fingerprint density at radius 2 is 1.91 bits per heavy atom. The van der Waals surface area contributed by atoms with Crippen LogP contribution in [0, 0.1) is 0 Å². The molecule has 0 radical (unpaired) electrons. The molecule has 0 aliphatic heterocycles. The molecule has 0 spiro atoms. The number of nitrogens with zero attached hydrogens (tertiary/aromatic N) is 2. The zero-order chi connectivity index (χ0) is 23.5. The third-order valence-corrected chi connectivity index (χ3v) is 6.57. The summed E-state index contributed by atoms with van der Waals surface area (Å²) in [6.07, 6.45) is 1.40. The minimum Gasteiger partial charge on any atom is -0.496 e. The third-order valence-electron chi connectivity index (χ3n) is 4.30. The maximum atomic E-state index is 11.8. The molecule has 0 aliphatic rings. The summed E-state index contributed by atoms with van der Waals surface area (Å²) in [4.78, 5) is 11.8. The highest BCUT2D eigenvalue weighted by atomic mass is 79.9. The number of carboxylic acid groups (broad SMARTS) is 1. The fourth-order valence-corrected chi connectivity index (χ4v) is 4.45. The quantitative estimate of drug-likeness (QED) is 0.170. The van der Waals surface area contributed by atoms with Gasteiger partial charge in [0.1, 0.15) is 22.2 Å². The van der Waals surface area contributed by atoms with E-state index >= 15 is 0 Å². The second-order valence-corrected chi connectivity index (χ2v) is 9.66. The number of hydrogen-bond donors (Lipinski definition) is 1. The van der Waals surface area contributed by atoms with Gasteiger partial charge in [-0.3, -0.25) is 0 Å². The topological polar surface area (TPSA) is 98.6 Å². The van der Waals surface area contributed by atoms with Crippen molar-refractivity contribution < 1.29 is 23.5 Å². The van der Waals surface area contributed by atoms with Crippen LogP contribution in [0.5, 0.6) is 5.75 Å². The molecule has 0 saturated carbocycles. The number of carbonyl (C=O) groups is 1. The van der Waals surface area contributed by atoms with E-state index in [1.807, 2.05) is 18.2 Å². The lowest BCUT2D eigenvalue weighted by Crippen LogP contribution is -1.96. The zero-order valence-electron chi connectivity index (χ0n) is 16.7. The average molecular weight is 613 g/mol. The van der Waals surface area contributed by atoms with Gasteiger partial charge in [0, 0.05) is 25.6 Å². The van der Waals surface area contributed by atoms with Crippen LogP contribution in [-0.4, -0.2) is 28.4 Å². The largest absolute Gasteiger partial charge is 0.496 e. The van der Waals surface area contributed by atoms with E-state index in [1.54, 1.807) is 30.3 Å². The van der Waals surface area contributed by atoms with Gasteiger partial charge in [0.2, 0.25) is 0 Å². The maximum Gasteiger partial charge on any atom is 0.342 e. The van der Waals surface area contributed by atoms with E-state index in [4.69, 9.17) is 25.2 Å². The Morgan fingerprint density at radius 3 is 2.67 bits per heavy atom. The summed E-state index contributed by atoms with van der Waals surface area (Å²) in [5.41, 5.74) is 1.33. The number of thioether (sulfide) groups is 1. The van der Waals surface area contributed by atoms with Crippen LogP contribution in [0.4, 0.5) is 0 Å². The minimum atomic E-state index is -1.17. The fourth-order valence-electron chi connectivity index (χ4n) is 2.83. The first-order valence-corrected chi connectivity index (χ1v) is 12.0. The summed E-state index contributed by atoms with van der Waals surface area (Å²) in [5, 5.41) is 18.1. The Balaban J connectivity index is 1.60. The van der Waals surface area contributed by atoms with Crippen LogP contribution in [0.25, 0.3) is 28.9 Å². The van der Waals surface area contributed by atoms with Gasteiger partial charge in [-0.25, -0.2) is 4.79 Å². The third kappa shape index (κ3) is 5.52. The molecule has 2 aromatic heterocycles. The van der Waals surface area contributed by atoms with Gasteiger partial charge in [-0.2, -0.15) is 0 Å². The summed E-state index contributed by atoms with van der Waals surface area (Å²) >= 11 is 13.8. The standard InChI is InChI=1S/C22H13Br2ClN2O5S/c1-30-17-6-3-12(25)9-15(17)20-26-27-22(32-20)33-19(21(28)29)10-13-4-7-18(31-13)14-8-11(23)2-5-16(14)24/h2-10H,1H3,(H,28,29)/b19-10+. The van der Waals surface area contributed by atoms with E-state index in [0.29, 0.717) is 27.9 Å². The van der Waals surface area contributed by atoms with Crippen molar-refractivity contribution in [2.24, 2.45) is 0 Å². The molecule has 4 rings (SSSR count). The van der Waals surface area contributed by atoms with Crippen LogP contribution in [0.2, 0.25) is 5.02 Å².